The van der Waals surface area contributed by atoms with Crippen LogP contribution in [-0.4, -0.2) is 5.78 Å². The monoisotopic (exact) mass is 380 g/mol. The van der Waals surface area contributed by atoms with E-state index >= 15 is 0 Å². The van der Waals surface area contributed by atoms with E-state index in [4.69, 9.17) is 4.74 Å². The molecule has 2 aliphatic carbocycles. The highest BCUT2D eigenvalue weighted by molar-refractivity contribution is 5.75. The summed E-state index contributed by atoms with van der Waals surface area (Å²) in [5.41, 5.74) is 3.37. The van der Waals surface area contributed by atoms with Crippen LogP contribution in [0.15, 0.2) is 42.5 Å². The number of carbonyl (C=O) groups excluding carboxylic acids is 1. The maximum atomic E-state index is 13.8. The van der Waals surface area contributed by atoms with E-state index in [0.29, 0.717) is 18.3 Å². The molecule has 148 valence electrons. The third kappa shape index (κ3) is 4.29. The smallest absolute Gasteiger partial charge is 0.130 e. The topological polar surface area (TPSA) is 26.3 Å². The van der Waals surface area contributed by atoms with Crippen molar-refractivity contribution in [1.82, 2.24) is 0 Å². The van der Waals surface area contributed by atoms with Gasteiger partial charge in [-0.25, -0.2) is 4.39 Å². The lowest BCUT2D eigenvalue weighted by Gasteiger charge is -2.32. The number of ether oxygens (including phenoxy) is 1. The standard InChI is InChI=1S/C25H29FO2/c1-17(27)10-11-18-6-5-9-22(14-18)28-25-23-13-12-21(26)15-20(23)16-24(25)19-7-3-2-4-8-19/h5-6,9,12-15,19,24-25H,2-4,7-8,10-11,16H2,1H3. The molecule has 2 atom stereocenters. The van der Waals surface area contributed by atoms with E-state index in [-0.39, 0.29) is 17.7 Å². The zero-order valence-electron chi connectivity index (χ0n) is 16.6. The minimum Gasteiger partial charge on any atom is -0.485 e. The Hall–Kier alpha value is -2.16. The molecule has 3 heteroatoms. The van der Waals surface area contributed by atoms with Gasteiger partial charge in [-0.1, -0.05) is 50.3 Å². The summed E-state index contributed by atoms with van der Waals surface area (Å²) in [4.78, 5) is 11.3. The van der Waals surface area contributed by atoms with Crippen molar-refractivity contribution in [1.29, 1.82) is 0 Å². The molecule has 2 aliphatic rings. The lowest BCUT2D eigenvalue weighted by Crippen LogP contribution is -2.25. The molecule has 2 aromatic rings. The number of rotatable bonds is 6. The molecule has 0 N–H and O–H groups in total. The summed E-state index contributed by atoms with van der Waals surface area (Å²) in [6.07, 6.45) is 8.60. The van der Waals surface area contributed by atoms with Crippen molar-refractivity contribution in [3.05, 3.63) is 65.0 Å². The van der Waals surface area contributed by atoms with E-state index in [1.165, 1.54) is 32.1 Å². The predicted molar refractivity (Wildman–Crippen MR) is 109 cm³/mol. The van der Waals surface area contributed by atoms with Crippen LogP contribution in [0.25, 0.3) is 0 Å². The van der Waals surface area contributed by atoms with Crippen molar-refractivity contribution >= 4 is 5.78 Å². The first-order valence-corrected chi connectivity index (χ1v) is 10.6. The first-order chi connectivity index (χ1) is 13.6. The first kappa shape index (κ1) is 19.2. The van der Waals surface area contributed by atoms with E-state index in [1.807, 2.05) is 24.3 Å². The van der Waals surface area contributed by atoms with Crippen LogP contribution >= 0.6 is 0 Å². The van der Waals surface area contributed by atoms with Gasteiger partial charge in [0.15, 0.2) is 0 Å². The second-order valence-electron chi connectivity index (χ2n) is 8.50. The number of carbonyl (C=O) groups is 1. The second-order valence-corrected chi connectivity index (χ2v) is 8.50. The predicted octanol–water partition coefficient (Wildman–Crippen LogP) is 6.22. The number of hydrogen-bond donors (Lipinski definition) is 0. The van der Waals surface area contributed by atoms with Gasteiger partial charge in [-0.05, 0) is 66.6 Å². The molecule has 4 rings (SSSR count). The summed E-state index contributed by atoms with van der Waals surface area (Å²) in [6.45, 7) is 1.63. The average Bonchev–Trinajstić information content (AvgIpc) is 3.05. The van der Waals surface area contributed by atoms with Gasteiger partial charge in [-0.2, -0.15) is 0 Å². The maximum absolute atomic E-state index is 13.8. The Morgan fingerprint density at radius 1 is 1.11 bits per heavy atom. The molecule has 1 fully saturated rings. The van der Waals surface area contributed by atoms with Crippen molar-refractivity contribution in [2.45, 2.75) is 64.4 Å². The van der Waals surface area contributed by atoms with Gasteiger partial charge < -0.3 is 9.53 Å². The van der Waals surface area contributed by atoms with Gasteiger partial charge in [0.05, 0.1) is 0 Å². The Morgan fingerprint density at radius 3 is 2.71 bits per heavy atom. The second kappa shape index (κ2) is 8.46. The van der Waals surface area contributed by atoms with Crippen LogP contribution in [0.4, 0.5) is 4.39 Å². The molecule has 0 saturated heterocycles. The van der Waals surface area contributed by atoms with E-state index in [9.17, 15) is 9.18 Å². The fourth-order valence-electron chi connectivity index (χ4n) is 4.99. The van der Waals surface area contributed by atoms with Crippen LogP contribution < -0.4 is 4.74 Å². The molecule has 2 unspecified atom stereocenters. The van der Waals surface area contributed by atoms with E-state index in [1.54, 1.807) is 19.1 Å². The molecule has 28 heavy (non-hydrogen) atoms. The van der Waals surface area contributed by atoms with E-state index in [2.05, 4.69) is 6.07 Å². The lowest BCUT2D eigenvalue weighted by atomic mass is 9.77. The zero-order valence-corrected chi connectivity index (χ0v) is 16.6. The number of benzene rings is 2. The van der Waals surface area contributed by atoms with Crippen LogP contribution in [0.5, 0.6) is 5.75 Å². The number of Topliss-reactive ketones (excluding diaryl/α,β-unsaturated/α-hetero) is 1. The highest BCUT2D eigenvalue weighted by atomic mass is 19.1. The summed E-state index contributed by atoms with van der Waals surface area (Å²) in [7, 11) is 0. The van der Waals surface area contributed by atoms with Gasteiger partial charge in [-0.3, -0.25) is 0 Å². The molecule has 2 nitrogen and oxygen atoms in total. The Balaban J connectivity index is 1.58. The number of ketones is 1. The normalized spacial score (nSPS) is 22.1. The first-order valence-electron chi connectivity index (χ1n) is 10.6. The van der Waals surface area contributed by atoms with Crippen molar-refractivity contribution < 1.29 is 13.9 Å². The minimum absolute atomic E-state index is 0.0123. The maximum Gasteiger partial charge on any atom is 0.130 e. The molecule has 1 saturated carbocycles. The molecular weight excluding hydrogens is 351 g/mol. The van der Waals surface area contributed by atoms with Gasteiger partial charge in [0.2, 0.25) is 0 Å². The summed E-state index contributed by atoms with van der Waals surface area (Å²) in [5.74, 6) is 1.96. The summed E-state index contributed by atoms with van der Waals surface area (Å²) in [6, 6.07) is 13.3. The van der Waals surface area contributed by atoms with Gasteiger partial charge in [0.1, 0.15) is 23.5 Å². The SMILES string of the molecule is CC(=O)CCc1cccc(OC2c3ccc(F)cc3CC2C2CCCCC2)c1. The summed E-state index contributed by atoms with van der Waals surface area (Å²) < 4.78 is 20.4. The Bertz CT molecular complexity index is 838. The Morgan fingerprint density at radius 2 is 1.93 bits per heavy atom. The zero-order chi connectivity index (χ0) is 19.5. The van der Waals surface area contributed by atoms with Crippen LogP contribution in [0, 0.1) is 17.7 Å². The van der Waals surface area contributed by atoms with Crippen LogP contribution in [0.2, 0.25) is 0 Å². The van der Waals surface area contributed by atoms with Gasteiger partial charge in [-0.15, -0.1) is 0 Å². The molecule has 0 aromatic heterocycles. The Labute approximate surface area is 167 Å². The van der Waals surface area contributed by atoms with Crippen molar-refractivity contribution in [3.8, 4) is 5.75 Å². The number of halogens is 1. The van der Waals surface area contributed by atoms with Crippen LogP contribution in [0.3, 0.4) is 0 Å². The fraction of sp³-hybridized carbons (Fsp3) is 0.480. The van der Waals surface area contributed by atoms with Crippen molar-refractivity contribution in [2.24, 2.45) is 11.8 Å². The lowest BCUT2D eigenvalue weighted by molar-refractivity contribution is -0.116. The van der Waals surface area contributed by atoms with Crippen LogP contribution in [0.1, 0.15) is 68.2 Å². The van der Waals surface area contributed by atoms with Gasteiger partial charge >= 0.3 is 0 Å². The quantitative estimate of drug-likeness (QED) is 0.595. The minimum atomic E-state index is -0.159. The molecule has 0 heterocycles. The molecule has 2 aromatic carbocycles. The van der Waals surface area contributed by atoms with Gasteiger partial charge in [0.25, 0.3) is 0 Å². The fourth-order valence-corrected chi connectivity index (χ4v) is 4.99. The highest BCUT2D eigenvalue weighted by Crippen LogP contribution is 2.47. The molecule has 0 spiro atoms. The number of hydrogen-bond acceptors (Lipinski definition) is 2. The largest absolute Gasteiger partial charge is 0.485 e. The molecular formula is C25H29FO2. The van der Waals surface area contributed by atoms with E-state index < -0.39 is 0 Å². The van der Waals surface area contributed by atoms with E-state index in [0.717, 1.165) is 35.3 Å². The summed E-state index contributed by atoms with van der Waals surface area (Å²) >= 11 is 0. The number of aryl methyl sites for hydroxylation is 1. The highest BCUT2D eigenvalue weighted by Gasteiger charge is 2.39. The Kier molecular flexibility index (Phi) is 5.79. The summed E-state index contributed by atoms with van der Waals surface area (Å²) in [5, 5.41) is 0. The molecule has 0 bridgehead atoms. The molecule has 0 aliphatic heterocycles. The van der Waals surface area contributed by atoms with Crippen LogP contribution in [-0.2, 0) is 17.6 Å². The van der Waals surface area contributed by atoms with Crippen molar-refractivity contribution in [3.63, 3.8) is 0 Å². The van der Waals surface area contributed by atoms with Crippen molar-refractivity contribution in [2.75, 3.05) is 0 Å². The average molecular weight is 381 g/mol. The molecule has 0 amide bonds. The third-order valence-electron chi connectivity index (χ3n) is 6.44. The number of fused-ring (bicyclic) bond motifs is 1. The third-order valence-corrected chi connectivity index (χ3v) is 6.44. The van der Waals surface area contributed by atoms with Gasteiger partial charge in [0, 0.05) is 12.3 Å². The molecule has 0 radical (unpaired) electrons.